The van der Waals surface area contributed by atoms with E-state index in [4.69, 9.17) is 5.26 Å². The average Bonchev–Trinajstić information content (AvgIpc) is 1.61. The monoisotopic (exact) mass is 100 g/mol. The first kappa shape index (κ1) is 5.59. The zero-order chi connectivity index (χ0) is 4.83. The summed E-state index contributed by atoms with van der Waals surface area (Å²) in [5, 5.41) is 7.87. The number of nitriles is 1. The van der Waals surface area contributed by atoms with Crippen LogP contribution >= 0.6 is 9.03 Å². The molecule has 0 spiro atoms. The maximum absolute atomic E-state index is 7.87. The van der Waals surface area contributed by atoms with Gasteiger partial charge < -0.3 is 0 Å². The fraction of sp³-hybridized carbons (Fsp3) is 0.667. The lowest BCUT2D eigenvalue weighted by Crippen LogP contribution is -1.68. The van der Waals surface area contributed by atoms with Crippen LogP contribution in [0.15, 0.2) is 4.74 Å². The van der Waals surface area contributed by atoms with Crippen molar-refractivity contribution in [1.29, 1.82) is 5.26 Å². The first-order chi connectivity index (χ1) is 2.91. The SMILES string of the molecule is N#CCCN=P. The zero-order valence-corrected chi connectivity index (χ0v) is 4.31. The van der Waals surface area contributed by atoms with E-state index in [-0.39, 0.29) is 0 Å². The number of nitrogens with zero attached hydrogens (tertiary/aromatic N) is 2. The molecule has 32 valence electrons. The molecule has 0 bridgehead atoms. The Morgan fingerprint density at radius 1 is 1.83 bits per heavy atom. The van der Waals surface area contributed by atoms with Crippen LogP contribution in [-0.2, 0) is 0 Å². The second-order valence-electron chi connectivity index (χ2n) is 0.790. The number of hydrogen-bond donors (Lipinski definition) is 0. The molecular weight excluding hydrogens is 95.0 g/mol. The van der Waals surface area contributed by atoms with Crippen LogP contribution in [-0.4, -0.2) is 6.54 Å². The van der Waals surface area contributed by atoms with Gasteiger partial charge in [0.05, 0.1) is 19.0 Å². The summed E-state index contributed by atoms with van der Waals surface area (Å²) in [6.45, 7) is 0.591. The van der Waals surface area contributed by atoms with E-state index in [0.29, 0.717) is 13.0 Å². The van der Waals surface area contributed by atoms with Crippen LogP contribution in [0.1, 0.15) is 6.42 Å². The first-order valence-corrected chi connectivity index (χ1v) is 2.06. The van der Waals surface area contributed by atoms with Crippen molar-refractivity contribution in [2.75, 3.05) is 6.54 Å². The van der Waals surface area contributed by atoms with Crippen LogP contribution < -0.4 is 0 Å². The van der Waals surface area contributed by atoms with Gasteiger partial charge in [-0.3, -0.25) is 4.74 Å². The lowest BCUT2D eigenvalue weighted by molar-refractivity contribution is 1.03. The van der Waals surface area contributed by atoms with Crippen molar-refractivity contribution < 1.29 is 0 Å². The Morgan fingerprint density at radius 2 is 2.50 bits per heavy atom. The molecule has 0 fully saturated rings. The smallest absolute Gasteiger partial charge is 0.0641 e. The van der Waals surface area contributed by atoms with E-state index in [1.54, 1.807) is 0 Å². The highest BCUT2D eigenvalue weighted by atomic mass is 31.0. The summed E-state index contributed by atoms with van der Waals surface area (Å²) in [6.07, 6.45) is 0.503. The Labute approximate surface area is 39.1 Å². The molecule has 0 aromatic carbocycles. The van der Waals surface area contributed by atoms with Crippen LogP contribution in [0.25, 0.3) is 0 Å². The Hall–Kier alpha value is -0.410. The maximum atomic E-state index is 7.87. The second-order valence-corrected chi connectivity index (χ2v) is 1.11. The predicted octanol–water partition coefficient (Wildman–Crippen LogP) is 1.23. The lowest BCUT2D eigenvalue weighted by atomic mass is 10.5. The number of hydrogen-bond acceptors (Lipinski definition) is 2. The highest BCUT2D eigenvalue weighted by Gasteiger charge is 1.70. The van der Waals surface area contributed by atoms with Crippen LogP contribution in [0, 0.1) is 11.3 Å². The van der Waals surface area contributed by atoms with E-state index in [9.17, 15) is 0 Å². The minimum atomic E-state index is 0.503. The molecule has 0 radical (unpaired) electrons. The molecule has 0 aliphatic rings. The summed E-state index contributed by atoms with van der Waals surface area (Å²) < 4.78 is 3.51. The van der Waals surface area contributed by atoms with E-state index >= 15 is 0 Å². The lowest BCUT2D eigenvalue weighted by Gasteiger charge is -1.71. The fourth-order valence-corrected chi connectivity index (χ4v) is 0.218. The van der Waals surface area contributed by atoms with Crippen molar-refractivity contribution in [2.24, 2.45) is 4.74 Å². The van der Waals surface area contributed by atoms with Gasteiger partial charge in [-0.2, -0.15) is 5.26 Å². The molecule has 0 rings (SSSR count). The van der Waals surface area contributed by atoms with Crippen LogP contribution in [0.3, 0.4) is 0 Å². The fourth-order valence-electron chi connectivity index (χ4n) is 0.106. The second kappa shape index (κ2) is 4.59. The Bertz CT molecular complexity index is 73.4. The molecule has 0 aliphatic carbocycles. The molecule has 0 unspecified atom stereocenters. The summed E-state index contributed by atoms with van der Waals surface area (Å²) in [5.74, 6) is 0. The van der Waals surface area contributed by atoms with Crippen LogP contribution in [0.4, 0.5) is 0 Å². The molecule has 0 saturated heterocycles. The van der Waals surface area contributed by atoms with Gasteiger partial charge in [-0.25, -0.2) is 0 Å². The van der Waals surface area contributed by atoms with Crippen molar-refractivity contribution in [1.82, 2.24) is 0 Å². The maximum Gasteiger partial charge on any atom is 0.0641 e. The molecule has 6 heavy (non-hydrogen) atoms. The topological polar surface area (TPSA) is 36.1 Å². The summed E-state index contributed by atoms with van der Waals surface area (Å²) in [5.41, 5.74) is 0. The van der Waals surface area contributed by atoms with Crippen molar-refractivity contribution in [3.05, 3.63) is 0 Å². The van der Waals surface area contributed by atoms with Gasteiger partial charge in [-0.15, -0.1) is 0 Å². The molecule has 3 heteroatoms. The van der Waals surface area contributed by atoms with Crippen LogP contribution in [0.2, 0.25) is 0 Å². The molecule has 0 atom stereocenters. The molecule has 2 nitrogen and oxygen atoms in total. The van der Waals surface area contributed by atoms with Gasteiger partial charge in [-0.05, 0) is 9.03 Å². The highest BCUT2D eigenvalue weighted by Crippen LogP contribution is 1.77. The molecule has 0 N–H and O–H groups in total. The average molecular weight is 100 g/mol. The van der Waals surface area contributed by atoms with E-state index in [0.717, 1.165) is 0 Å². The molecule has 0 saturated carbocycles. The van der Waals surface area contributed by atoms with E-state index in [1.165, 1.54) is 0 Å². The summed E-state index contributed by atoms with van der Waals surface area (Å²) >= 11 is 0. The highest BCUT2D eigenvalue weighted by molar-refractivity contribution is 7.03. The van der Waals surface area contributed by atoms with Crippen LogP contribution in [0.5, 0.6) is 0 Å². The minimum Gasteiger partial charge on any atom is -0.271 e. The summed E-state index contributed by atoms with van der Waals surface area (Å²) in [7, 11) is 2.87. The Balaban J connectivity index is 2.72. The van der Waals surface area contributed by atoms with E-state index in [1.807, 2.05) is 6.07 Å². The molecule has 0 aliphatic heterocycles. The number of rotatable bonds is 2. The van der Waals surface area contributed by atoms with Gasteiger partial charge in [-0.1, -0.05) is 0 Å². The van der Waals surface area contributed by atoms with Gasteiger partial charge >= 0.3 is 0 Å². The van der Waals surface area contributed by atoms with Gasteiger partial charge in [0, 0.05) is 0 Å². The predicted molar refractivity (Wildman–Crippen MR) is 25.8 cm³/mol. The van der Waals surface area contributed by atoms with Crippen molar-refractivity contribution in [2.45, 2.75) is 6.42 Å². The normalized spacial score (nSPS) is 6.50. The molecule has 0 amide bonds. The molecule has 0 aromatic rings. The quantitative estimate of drug-likeness (QED) is 0.379. The standard InChI is InChI=1S/C3H5N2P/c4-2-1-3-5-6/h6H,1,3H2. The minimum absolute atomic E-state index is 0.503. The van der Waals surface area contributed by atoms with Crippen molar-refractivity contribution in [3.63, 3.8) is 0 Å². The van der Waals surface area contributed by atoms with Gasteiger partial charge in [0.1, 0.15) is 0 Å². The summed E-state index contributed by atoms with van der Waals surface area (Å²) in [6, 6.07) is 1.94. The molecule has 0 aromatic heterocycles. The molecule has 0 heterocycles. The molecular formula is C3H5N2P. The first-order valence-electron chi connectivity index (χ1n) is 1.62. The third-order valence-electron chi connectivity index (χ3n) is 0.335. The van der Waals surface area contributed by atoms with Crippen molar-refractivity contribution in [3.8, 4) is 6.07 Å². The Kier molecular flexibility index (Phi) is 4.28. The van der Waals surface area contributed by atoms with E-state index < -0.39 is 0 Å². The zero-order valence-electron chi connectivity index (χ0n) is 3.31. The van der Waals surface area contributed by atoms with Crippen molar-refractivity contribution >= 4 is 9.03 Å². The summed E-state index contributed by atoms with van der Waals surface area (Å²) in [4.78, 5) is 0. The van der Waals surface area contributed by atoms with Gasteiger partial charge in [0.2, 0.25) is 0 Å². The Morgan fingerprint density at radius 3 is 2.67 bits per heavy atom. The third-order valence-corrected chi connectivity index (χ3v) is 0.559. The third kappa shape index (κ3) is 3.59. The largest absolute Gasteiger partial charge is 0.271 e. The van der Waals surface area contributed by atoms with Gasteiger partial charge in [0.25, 0.3) is 0 Å². The van der Waals surface area contributed by atoms with E-state index in [2.05, 4.69) is 13.8 Å². The van der Waals surface area contributed by atoms with Gasteiger partial charge in [0.15, 0.2) is 0 Å².